The highest BCUT2D eigenvalue weighted by molar-refractivity contribution is 5.92. The fourth-order valence-corrected chi connectivity index (χ4v) is 1.96. The number of halogens is 1. The molecular weight excluding hydrogens is 255 g/mol. The topological polar surface area (TPSA) is 41.1 Å². The number of rotatable bonds is 5. The molecule has 2 aromatic rings. The summed E-state index contributed by atoms with van der Waals surface area (Å²) in [6.45, 7) is 0.752. The van der Waals surface area contributed by atoms with Crippen molar-refractivity contribution < 1.29 is 9.18 Å². The summed E-state index contributed by atoms with van der Waals surface area (Å²) in [5, 5.41) is 5.90. The molecule has 4 heteroatoms. The van der Waals surface area contributed by atoms with Crippen molar-refractivity contribution in [3.8, 4) is 0 Å². The van der Waals surface area contributed by atoms with E-state index < -0.39 is 0 Å². The Morgan fingerprint density at radius 3 is 2.55 bits per heavy atom. The Kier molecular flexibility index (Phi) is 4.85. The van der Waals surface area contributed by atoms with Crippen molar-refractivity contribution >= 4 is 11.6 Å². The molecule has 3 nitrogen and oxygen atoms in total. The van der Waals surface area contributed by atoms with Crippen LogP contribution >= 0.6 is 0 Å². The summed E-state index contributed by atoms with van der Waals surface area (Å²) in [5.74, 6) is -0.410. The molecule has 2 aromatic carbocycles. The van der Waals surface area contributed by atoms with E-state index in [-0.39, 0.29) is 18.1 Å². The van der Waals surface area contributed by atoms with E-state index in [9.17, 15) is 9.18 Å². The maximum absolute atomic E-state index is 12.8. The molecule has 0 fully saturated rings. The van der Waals surface area contributed by atoms with Gasteiger partial charge in [-0.25, -0.2) is 4.39 Å². The number of hydrogen-bond acceptors (Lipinski definition) is 2. The number of benzene rings is 2. The van der Waals surface area contributed by atoms with Gasteiger partial charge < -0.3 is 10.6 Å². The van der Waals surface area contributed by atoms with E-state index in [0.29, 0.717) is 0 Å². The van der Waals surface area contributed by atoms with E-state index in [1.165, 1.54) is 12.1 Å². The van der Waals surface area contributed by atoms with E-state index >= 15 is 0 Å². The van der Waals surface area contributed by atoms with Crippen LogP contribution in [0, 0.1) is 5.82 Å². The van der Waals surface area contributed by atoms with Gasteiger partial charge in [0.1, 0.15) is 5.82 Å². The minimum atomic E-state index is -0.297. The first kappa shape index (κ1) is 14.2. The Bertz CT molecular complexity index is 581. The highest BCUT2D eigenvalue weighted by Gasteiger charge is 2.05. The third-order valence-corrected chi connectivity index (χ3v) is 2.87. The van der Waals surface area contributed by atoms with Crippen molar-refractivity contribution in [3.05, 3.63) is 65.5 Å². The lowest BCUT2D eigenvalue weighted by Gasteiger charge is -2.07. The molecule has 0 aliphatic carbocycles. The molecule has 20 heavy (non-hydrogen) atoms. The maximum atomic E-state index is 12.8. The zero-order chi connectivity index (χ0) is 14.4. The van der Waals surface area contributed by atoms with Crippen molar-refractivity contribution in [3.63, 3.8) is 0 Å². The number of amides is 1. The predicted octanol–water partition coefficient (Wildman–Crippen LogP) is 2.73. The molecule has 0 bridgehead atoms. The molecule has 0 spiro atoms. The van der Waals surface area contributed by atoms with E-state index in [0.717, 1.165) is 23.4 Å². The third kappa shape index (κ3) is 4.17. The van der Waals surface area contributed by atoms with Gasteiger partial charge in [0.05, 0.1) is 6.42 Å². The van der Waals surface area contributed by atoms with Crippen LogP contribution in [0.2, 0.25) is 0 Å². The number of anilines is 1. The van der Waals surface area contributed by atoms with Crippen LogP contribution in [-0.2, 0) is 17.8 Å². The van der Waals surface area contributed by atoms with Crippen LogP contribution in [0.15, 0.2) is 48.5 Å². The van der Waals surface area contributed by atoms with Crippen LogP contribution in [0.3, 0.4) is 0 Å². The summed E-state index contributed by atoms with van der Waals surface area (Å²) >= 11 is 0. The molecular formula is C16H17FN2O. The van der Waals surface area contributed by atoms with Gasteiger partial charge in [-0.05, 0) is 42.4 Å². The summed E-state index contributed by atoms with van der Waals surface area (Å²) in [5.41, 5.74) is 2.66. The molecule has 0 radical (unpaired) electrons. The maximum Gasteiger partial charge on any atom is 0.228 e. The molecule has 0 unspecified atom stereocenters. The van der Waals surface area contributed by atoms with E-state index in [2.05, 4.69) is 10.6 Å². The minimum absolute atomic E-state index is 0.113. The lowest BCUT2D eigenvalue weighted by Crippen LogP contribution is -2.14. The Hall–Kier alpha value is -2.20. The monoisotopic (exact) mass is 272 g/mol. The third-order valence-electron chi connectivity index (χ3n) is 2.87. The molecule has 2 rings (SSSR count). The second-order valence-electron chi connectivity index (χ2n) is 4.58. The van der Waals surface area contributed by atoms with Crippen molar-refractivity contribution in [1.29, 1.82) is 0 Å². The van der Waals surface area contributed by atoms with Gasteiger partial charge in [-0.3, -0.25) is 4.79 Å². The lowest BCUT2D eigenvalue weighted by molar-refractivity contribution is -0.115. The van der Waals surface area contributed by atoms with Gasteiger partial charge in [0.2, 0.25) is 5.91 Å². The molecule has 0 saturated carbocycles. The quantitative estimate of drug-likeness (QED) is 0.878. The second-order valence-corrected chi connectivity index (χ2v) is 4.58. The Balaban J connectivity index is 1.97. The molecule has 0 atom stereocenters. The molecule has 0 saturated heterocycles. The molecule has 2 N–H and O–H groups in total. The average molecular weight is 272 g/mol. The van der Waals surface area contributed by atoms with Crippen molar-refractivity contribution in [2.75, 3.05) is 12.4 Å². The number of carbonyl (C=O) groups excluding carboxylic acids is 1. The summed E-state index contributed by atoms with van der Waals surface area (Å²) in [6.07, 6.45) is 0.233. The predicted molar refractivity (Wildman–Crippen MR) is 77.9 cm³/mol. The van der Waals surface area contributed by atoms with Gasteiger partial charge in [-0.1, -0.05) is 24.3 Å². The van der Waals surface area contributed by atoms with E-state index in [1.807, 2.05) is 31.3 Å². The van der Waals surface area contributed by atoms with Crippen molar-refractivity contribution in [2.45, 2.75) is 13.0 Å². The normalized spacial score (nSPS) is 10.3. The first-order valence-corrected chi connectivity index (χ1v) is 6.45. The summed E-state index contributed by atoms with van der Waals surface area (Å²) in [4.78, 5) is 11.9. The van der Waals surface area contributed by atoms with Gasteiger partial charge in [-0.2, -0.15) is 0 Å². The van der Waals surface area contributed by atoms with Gasteiger partial charge in [-0.15, -0.1) is 0 Å². The number of nitrogens with one attached hydrogen (secondary N) is 2. The minimum Gasteiger partial charge on any atom is -0.326 e. The van der Waals surface area contributed by atoms with Crippen LogP contribution in [0.1, 0.15) is 11.1 Å². The molecule has 104 valence electrons. The Morgan fingerprint density at radius 1 is 1.10 bits per heavy atom. The van der Waals surface area contributed by atoms with Gasteiger partial charge in [0.15, 0.2) is 0 Å². The zero-order valence-corrected chi connectivity index (χ0v) is 11.3. The van der Waals surface area contributed by atoms with E-state index in [1.54, 1.807) is 12.1 Å². The number of carbonyl (C=O) groups is 1. The second kappa shape index (κ2) is 6.82. The highest BCUT2D eigenvalue weighted by Crippen LogP contribution is 2.11. The Morgan fingerprint density at radius 2 is 1.85 bits per heavy atom. The van der Waals surface area contributed by atoms with Crippen LogP contribution in [0.25, 0.3) is 0 Å². The highest BCUT2D eigenvalue weighted by atomic mass is 19.1. The largest absolute Gasteiger partial charge is 0.326 e. The molecule has 0 heterocycles. The first-order valence-electron chi connectivity index (χ1n) is 6.45. The van der Waals surface area contributed by atoms with Crippen molar-refractivity contribution in [2.24, 2.45) is 0 Å². The first-order chi connectivity index (χ1) is 9.67. The molecule has 1 amide bonds. The summed E-state index contributed by atoms with van der Waals surface area (Å²) in [6, 6.07) is 13.6. The van der Waals surface area contributed by atoms with Crippen LogP contribution in [0.5, 0.6) is 0 Å². The summed E-state index contributed by atoms with van der Waals surface area (Å²) < 4.78 is 12.8. The standard InChI is InChI=1S/C16H17FN2O/c1-18-11-13-3-2-4-15(9-13)19-16(20)10-12-5-7-14(17)8-6-12/h2-9,18H,10-11H2,1H3,(H,19,20). The van der Waals surface area contributed by atoms with Crippen LogP contribution < -0.4 is 10.6 Å². The Labute approximate surface area is 117 Å². The smallest absolute Gasteiger partial charge is 0.228 e. The molecule has 0 aromatic heterocycles. The van der Waals surface area contributed by atoms with Crippen LogP contribution in [0.4, 0.5) is 10.1 Å². The van der Waals surface area contributed by atoms with Crippen LogP contribution in [-0.4, -0.2) is 13.0 Å². The van der Waals surface area contributed by atoms with Crippen molar-refractivity contribution in [1.82, 2.24) is 5.32 Å². The van der Waals surface area contributed by atoms with Gasteiger partial charge in [0.25, 0.3) is 0 Å². The fourth-order valence-electron chi connectivity index (χ4n) is 1.96. The van der Waals surface area contributed by atoms with Gasteiger partial charge >= 0.3 is 0 Å². The average Bonchev–Trinajstić information content (AvgIpc) is 2.42. The lowest BCUT2D eigenvalue weighted by atomic mass is 10.1. The SMILES string of the molecule is CNCc1cccc(NC(=O)Cc2ccc(F)cc2)c1. The summed E-state index contributed by atoms with van der Waals surface area (Å²) in [7, 11) is 1.87. The van der Waals surface area contributed by atoms with E-state index in [4.69, 9.17) is 0 Å². The number of hydrogen-bond donors (Lipinski definition) is 2. The van der Waals surface area contributed by atoms with Gasteiger partial charge in [0, 0.05) is 12.2 Å². The fraction of sp³-hybridized carbons (Fsp3) is 0.188. The molecule has 0 aliphatic heterocycles. The molecule has 0 aliphatic rings. The zero-order valence-electron chi connectivity index (χ0n) is 11.3.